The highest BCUT2D eigenvalue weighted by atomic mass is 16.3. The van der Waals surface area contributed by atoms with Crippen molar-refractivity contribution in [2.24, 2.45) is 0 Å². The van der Waals surface area contributed by atoms with Crippen molar-refractivity contribution in [2.45, 2.75) is 38.8 Å². The lowest BCUT2D eigenvalue weighted by atomic mass is 10.0. The Labute approximate surface area is 96.5 Å². The standard InChI is InChI=1S/C13H19NO2/c1-3-7-12(15)14-10(2)13(16)11-8-5-4-6-9-11/h4-6,8-10,13,16H,3,7H2,1-2H3,(H,14,15)/t10-,13+/m1/s1. The predicted octanol–water partition coefficient (Wildman–Crippen LogP) is 2.02. The Bertz CT molecular complexity index is 324. The summed E-state index contributed by atoms with van der Waals surface area (Å²) in [5, 5.41) is 12.8. The van der Waals surface area contributed by atoms with Gasteiger partial charge in [0.15, 0.2) is 0 Å². The molecule has 0 spiro atoms. The molecule has 0 aromatic heterocycles. The molecule has 1 rings (SSSR count). The van der Waals surface area contributed by atoms with Gasteiger partial charge >= 0.3 is 0 Å². The van der Waals surface area contributed by atoms with E-state index in [-0.39, 0.29) is 11.9 Å². The van der Waals surface area contributed by atoms with E-state index < -0.39 is 6.10 Å². The van der Waals surface area contributed by atoms with E-state index in [2.05, 4.69) is 5.32 Å². The largest absolute Gasteiger partial charge is 0.386 e. The van der Waals surface area contributed by atoms with E-state index in [1.165, 1.54) is 0 Å². The molecule has 16 heavy (non-hydrogen) atoms. The van der Waals surface area contributed by atoms with Gasteiger partial charge in [0.2, 0.25) is 5.91 Å². The number of amides is 1. The first-order valence-electron chi connectivity index (χ1n) is 5.67. The van der Waals surface area contributed by atoms with E-state index in [0.717, 1.165) is 12.0 Å². The predicted molar refractivity (Wildman–Crippen MR) is 63.9 cm³/mol. The number of aliphatic hydroxyl groups excluding tert-OH is 1. The van der Waals surface area contributed by atoms with Gasteiger partial charge in [-0.15, -0.1) is 0 Å². The molecule has 0 heterocycles. The normalized spacial score (nSPS) is 14.2. The number of benzene rings is 1. The molecule has 0 bridgehead atoms. The van der Waals surface area contributed by atoms with E-state index in [0.29, 0.717) is 6.42 Å². The molecule has 1 aromatic rings. The van der Waals surface area contributed by atoms with Crippen LogP contribution in [0, 0.1) is 0 Å². The smallest absolute Gasteiger partial charge is 0.220 e. The first-order chi connectivity index (χ1) is 7.65. The van der Waals surface area contributed by atoms with Crippen molar-refractivity contribution in [3.05, 3.63) is 35.9 Å². The maximum absolute atomic E-state index is 11.4. The zero-order valence-electron chi connectivity index (χ0n) is 9.81. The maximum atomic E-state index is 11.4. The van der Waals surface area contributed by atoms with Crippen LogP contribution in [0.15, 0.2) is 30.3 Å². The average molecular weight is 221 g/mol. The van der Waals surface area contributed by atoms with Crippen molar-refractivity contribution >= 4 is 5.91 Å². The SMILES string of the molecule is CCCC(=O)N[C@H](C)[C@H](O)c1ccccc1. The summed E-state index contributed by atoms with van der Waals surface area (Å²) in [5.41, 5.74) is 0.826. The lowest BCUT2D eigenvalue weighted by Gasteiger charge is -2.20. The topological polar surface area (TPSA) is 49.3 Å². The van der Waals surface area contributed by atoms with Gasteiger partial charge in [-0.3, -0.25) is 4.79 Å². The molecule has 88 valence electrons. The quantitative estimate of drug-likeness (QED) is 0.799. The zero-order chi connectivity index (χ0) is 12.0. The van der Waals surface area contributed by atoms with Crippen molar-refractivity contribution in [3.8, 4) is 0 Å². The second kappa shape index (κ2) is 6.28. The molecule has 1 aromatic carbocycles. The number of hydrogen-bond donors (Lipinski definition) is 2. The van der Waals surface area contributed by atoms with Crippen LogP contribution in [0.5, 0.6) is 0 Å². The second-order valence-electron chi connectivity index (χ2n) is 3.96. The molecule has 0 aliphatic carbocycles. The fourth-order valence-electron chi connectivity index (χ4n) is 1.57. The lowest BCUT2D eigenvalue weighted by molar-refractivity contribution is -0.122. The van der Waals surface area contributed by atoms with Crippen molar-refractivity contribution in [1.29, 1.82) is 0 Å². The van der Waals surface area contributed by atoms with Crippen LogP contribution < -0.4 is 5.32 Å². The molecule has 0 aliphatic heterocycles. The minimum atomic E-state index is -0.651. The summed E-state index contributed by atoms with van der Waals surface area (Å²) < 4.78 is 0. The van der Waals surface area contributed by atoms with E-state index in [9.17, 15) is 9.90 Å². The third-order valence-electron chi connectivity index (χ3n) is 2.48. The van der Waals surface area contributed by atoms with Crippen molar-refractivity contribution in [2.75, 3.05) is 0 Å². The Balaban J connectivity index is 2.54. The van der Waals surface area contributed by atoms with Crippen LogP contribution in [-0.4, -0.2) is 17.1 Å². The van der Waals surface area contributed by atoms with Gasteiger partial charge in [0.1, 0.15) is 0 Å². The first kappa shape index (κ1) is 12.7. The van der Waals surface area contributed by atoms with Gasteiger partial charge in [0, 0.05) is 6.42 Å². The third-order valence-corrected chi connectivity index (χ3v) is 2.48. The molecule has 1 amide bonds. The summed E-state index contributed by atoms with van der Waals surface area (Å²) in [4.78, 5) is 11.4. The molecule has 0 fully saturated rings. The highest BCUT2D eigenvalue weighted by Crippen LogP contribution is 2.15. The molecular weight excluding hydrogens is 202 g/mol. The summed E-state index contributed by atoms with van der Waals surface area (Å²) in [6.45, 7) is 3.77. The maximum Gasteiger partial charge on any atom is 0.220 e. The van der Waals surface area contributed by atoms with Gasteiger partial charge in [-0.1, -0.05) is 37.3 Å². The number of aliphatic hydroxyl groups is 1. The van der Waals surface area contributed by atoms with Crippen LogP contribution in [0.1, 0.15) is 38.4 Å². The van der Waals surface area contributed by atoms with Crippen molar-refractivity contribution in [1.82, 2.24) is 5.32 Å². The highest BCUT2D eigenvalue weighted by Gasteiger charge is 2.17. The summed E-state index contributed by atoms with van der Waals surface area (Å²) in [6.07, 6.45) is 0.674. The zero-order valence-corrected chi connectivity index (χ0v) is 9.81. The molecule has 0 saturated carbocycles. The van der Waals surface area contributed by atoms with Crippen molar-refractivity contribution in [3.63, 3.8) is 0 Å². The van der Waals surface area contributed by atoms with Crippen LogP contribution in [0.4, 0.5) is 0 Å². The Morgan fingerprint density at radius 1 is 1.38 bits per heavy atom. The minimum Gasteiger partial charge on any atom is -0.386 e. The van der Waals surface area contributed by atoms with Crippen LogP contribution >= 0.6 is 0 Å². The number of rotatable bonds is 5. The van der Waals surface area contributed by atoms with E-state index in [4.69, 9.17) is 0 Å². The summed E-state index contributed by atoms with van der Waals surface area (Å²) in [6, 6.07) is 9.09. The summed E-state index contributed by atoms with van der Waals surface area (Å²) >= 11 is 0. The second-order valence-corrected chi connectivity index (χ2v) is 3.96. The van der Waals surface area contributed by atoms with Gasteiger partial charge in [0.25, 0.3) is 0 Å². The Kier molecular flexibility index (Phi) is 4.99. The highest BCUT2D eigenvalue weighted by molar-refractivity contribution is 5.76. The molecule has 0 radical (unpaired) electrons. The van der Waals surface area contributed by atoms with Gasteiger partial charge < -0.3 is 10.4 Å². The molecule has 3 heteroatoms. The fourth-order valence-corrected chi connectivity index (χ4v) is 1.57. The van der Waals surface area contributed by atoms with Crippen LogP contribution in [0.3, 0.4) is 0 Å². The molecule has 0 unspecified atom stereocenters. The van der Waals surface area contributed by atoms with Crippen LogP contribution in [-0.2, 0) is 4.79 Å². The minimum absolute atomic E-state index is 0.00928. The number of hydrogen-bond acceptors (Lipinski definition) is 2. The van der Waals surface area contributed by atoms with Gasteiger partial charge in [-0.2, -0.15) is 0 Å². The number of nitrogens with one attached hydrogen (secondary N) is 1. The Hall–Kier alpha value is -1.35. The van der Waals surface area contributed by atoms with E-state index >= 15 is 0 Å². The average Bonchev–Trinajstić information content (AvgIpc) is 2.29. The Morgan fingerprint density at radius 2 is 2.00 bits per heavy atom. The monoisotopic (exact) mass is 221 g/mol. The molecular formula is C13H19NO2. The third kappa shape index (κ3) is 3.66. The lowest BCUT2D eigenvalue weighted by Crippen LogP contribution is -2.36. The van der Waals surface area contributed by atoms with E-state index in [1.807, 2.05) is 44.2 Å². The molecule has 0 aliphatic rings. The molecule has 3 nitrogen and oxygen atoms in total. The van der Waals surface area contributed by atoms with E-state index in [1.54, 1.807) is 0 Å². The summed E-state index contributed by atoms with van der Waals surface area (Å²) in [5.74, 6) is -0.00928. The first-order valence-corrected chi connectivity index (χ1v) is 5.67. The molecule has 2 N–H and O–H groups in total. The van der Waals surface area contributed by atoms with Crippen LogP contribution in [0.2, 0.25) is 0 Å². The van der Waals surface area contributed by atoms with Crippen LogP contribution in [0.25, 0.3) is 0 Å². The summed E-state index contributed by atoms with van der Waals surface area (Å²) in [7, 11) is 0. The van der Waals surface area contributed by atoms with Gasteiger partial charge in [-0.25, -0.2) is 0 Å². The number of carbonyl (C=O) groups is 1. The molecule has 2 atom stereocenters. The molecule has 0 saturated heterocycles. The van der Waals surface area contributed by atoms with Crippen molar-refractivity contribution < 1.29 is 9.90 Å². The fraction of sp³-hybridized carbons (Fsp3) is 0.462. The Morgan fingerprint density at radius 3 is 2.56 bits per heavy atom. The van der Waals surface area contributed by atoms with Gasteiger partial charge in [0.05, 0.1) is 12.1 Å². The van der Waals surface area contributed by atoms with Gasteiger partial charge in [-0.05, 0) is 18.9 Å². The number of carbonyl (C=O) groups excluding carboxylic acids is 1.